The van der Waals surface area contributed by atoms with Gasteiger partial charge in [0.25, 0.3) is 0 Å². The van der Waals surface area contributed by atoms with E-state index >= 15 is 0 Å². The first-order chi connectivity index (χ1) is 69.5. The van der Waals surface area contributed by atoms with Gasteiger partial charge in [0.05, 0.1) is 51.2 Å². The molecule has 0 bridgehead atoms. The number of aromatic hydroxyl groups is 8. The van der Waals surface area contributed by atoms with Crippen LogP contribution in [0, 0.1) is 0 Å². The molecule has 0 fully saturated rings. The van der Waals surface area contributed by atoms with Crippen molar-refractivity contribution < 1.29 is 109 Å². The first kappa shape index (κ1) is 116. The second-order valence-corrected chi connectivity index (χ2v) is 43.9. The van der Waals surface area contributed by atoms with Gasteiger partial charge in [0.15, 0.2) is 0 Å². The van der Waals surface area contributed by atoms with Gasteiger partial charge in [0.2, 0.25) is 0 Å². The van der Waals surface area contributed by atoms with Crippen LogP contribution in [0.3, 0.4) is 0 Å². The zero-order chi connectivity index (χ0) is 104. The molecule has 0 radical (unpaired) electrons. The Morgan fingerprint density at radius 3 is 0.764 bits per heavy atom. The molecule has 0 spiro atoms. The molecule has 0 aliphatic carbocycles. The van der Waals surface area contributed by atoms with E-state index in [2.05, 4.69) is 57.6 Å². The normalized spacial score (nSPS) is 11.4. The number of benzene rings is 16. The van der Waals surface area contributed by atoms with Gasteiger partial charge in [-0.3, -0.25) is 39.9 Å². The third-order valence-corrected chi connectivity index (χ3v) is 22.7. The van der Waals surface area contributed by atoms with Gasteiger partial charge in [0.1, 0.15) is 46.0 Å². The Labute approximate surface area is 909 Å². The molecule has 0 amide bonds. The molecular weight excluding hydrogens is 2110 g/mol. The molecule has 728 valence electrons. The summed E-state index contributed by atoms with van der Waals surface area (Å²) in [7, 11) is 39.1. The monoisotopic (exact) mass is 2210 g/mol. The van der Waals surface area contributed by atoms with Crippen LogP contribution in [-0.4, -0.2) is 90.1 Å². The molecule has 0 saturated carbocycles. The molecule has 0 heterocycles. The summed E-state index contributed by atoms with van der Waals surface area (Å²) in [5, 5.41) is 85.8. The van der Waals surface area contributed by atoms with Gasteiger partial charge in [-0.05, 0) is 192 Å². The van der Waals surface area contributed by atoms with E-state index in [0.29, 0.717) is 55.6 Å². The van der Waals surface area contributed by atoms with E-state index in [4.69, 9.17) is 84.4 Å². The molecule has 16 nitrogen and oxygen atoms in total. The Balaban J connectivity index is 0.000000206. The van der Waals surface area contributed by atoms with Gasteiger partial charge in [-0.2, -0.15) is 0 Å². The predicted molar refractivity (Wildman–Crippen MR) is 590 cm³/mol. The second kappa shape index (κ2) is 60.4. The number of hydrogen-bond donors (Lipinski definition) is 8. The number of hydrogen-bond acceptors (Lipinski definition) is 16. The van der Waals surface area contributed by atoms with Crippen molar-refractivity contribution in [2.45, 2.75) is 77.0 Å². The number of para-hydroxylation sites is 13. The molecule has 144 heavy (non-hydrogen) atoms. The Hall–Kier alpha value is -11.5. The molecule has 16 rings (SSSR count). The van der Waals surface area contributed by atoms with Gasteiger partial charge in [-0.25, -0.2) is 0 Å². The SMILES string of the molecule is CC(C)(C(=Nc1ccccc1)c1ccccc1O)c1ccccc1N=Cc1ccccc1O.CC(C)(c1ccc(C=Nc2ccccc2)c(O)c1)c1ccc(C=Nc2ccccc2)c(O)c1.CC(C)(c1ccc(C=Nc2ccccc2)c(O)c1)c1cccc(C=Nc2ccccc2)c1O.CC(C)(c1cccc(C=Nc2ccccc2)c1O)c1cccc(C=Nc2ccccc2)c1O.[Cl][Ti][Cl].[Cl][Ti][Cl].[Cl][Ti][Cl].[Cl][Ti][Cl]. The van der Waals surface area contributed by atoms with Gasteiger partial charge in [0, 0.05) is 126 Å². The van der Waals surface area contributed by atoms with E-state index < -0.39 is 89.8 Å². The van der Waals surface area contributed by atoms with E-state index in [1.54, 1.807) is 86.0 Å². The maximum atomic E-state index is 11.1. The average molecular weight is 2210 g/mol. The van der Waals surface area contributed by atoms with Gasteiger partial charge in [-0.1, -0.05) is 280 Å². The number of rotatable bonds is 24. The molecule has 8 N–H and O–H groups in total. The zero-order valence-electron chi connectivity index (χ0n) is 79.7. The summed E-state index contributed by atoms with van der Waals surface area (Å²) in [6, 6.07) is 123. The van der Waals surface area contributed by atoms with Crippen molar-refractivity contribution in [3.05, 3.63) is 478 Å². The molecule has 0 aromatic heterocycles. The Morgan fingerprint density at radius 2 is 0.451 bits per heavy atom. The first-order valence-corrected chi connectivity index (χ1v) is 61.9. The number of halogens is 8. The van der Waals surface area contributed by atoms with Crippen molar-refractivity contribution in [1.82, 2.24) is 0 Å². The third-order valence-electron chi connectivity index (χ3n) is 22.7. The maximum absolute atomic E-state index is 11.1. The summed E-state index contributed by atoms with van der Waals surface area (Å²) < 4.78 is 0. The van der Waals surface area contributed by atoms with Crippen LogP contribution in [0.15, 0.2) is 434 Å². The van der Waals surface area contributed by atoms with E-state index in [1.807, 2.05) is 380 Å². The second-order valence-electron chi connectivity index (χ2n) is 33.5. The summed E-state index contributed by atoms with van der Waals surface area (Å²) in [5.74, 6) is 1.29. The fraction of sp³-hybridized carbons (Fsp3) is 0.103. The van der Waals surface area contributed by atoms with Gasteiger partial charge in [-0.15, -0.1) is 0 Å². The first-order valence-electron chi connectivity index (χ1n) is 44.7. The fourth-order valence-electron chi connectivity index (χ4n) is 14.9. The zero-order valence-corrected chi connectivity index (χ0v) is 92.0. The van der Waals surface area contributed by atoms with Crippen molar-refractivity contribution in [3.8, 4) is 46.0 Å². The van der Waals surface area contributed by atoms with Crippen LogP contribution in [0.5, 0.6) is 46.0 Å². The molecule has 16 aromatic carbocycles. The number of nitrogens with zero attached hydrogens (tertiary/aromatic N) is 8. The Morgan fingerprint density at radius 1 is 0.215 bits per heavy atom. The standard InChI is InChI=1S/4C29H26N2O2.8ClH.4Ti/c1-29(2,25-17-9-11-21(27(25)32)19-30-23-13-5-3-6-14-23)26-18-10-12-22(28(26)33)20-31-24-15-7-4-8-16-24;1-29(2,23-17-16-21(27(32)18-23)19-30-24-11-5-3-6-12-24)26-15-9-10-22(28(26)33)20-31-25-13-7-4-8-14-25;1-29(2,23-15-13-21(27(32)17-23)19-30-25-9-5-3-6-10-25)24-16-14-22(28(33)18-24)20-31-26-11-7-4-8-12-26;1-29(2,24-16-8-9-17-25(24)30-20-21-12-6-10-18-26(21)32)28(23-15-7-11-19-27(23)33)31-22-13-4-3-5-14-22;;;;;;;;;;;;/h4*3-20,32-33H,1-2H3;8*1H;;;;/q;;;;;;;;;;;;4*+2/p-8. The number of aliphatic imine (C=N–C) groups is 8. The molecule has 0 aliphatic heterocycles. The van der Waals surface area contributed by atoms with Crippen molar-refractivity contribution in [2.75, 3.05) is 0 Å². The van der Waals surface area contributed by atoms with Crippen LogP contribution in [0.2, 0.25) is 0 Å². The molecule has 28 heteroatoms. The molecule has 0 unspecified atom stereocenters. The van der Waals surface area contributed by atoms with E-state index in [1.165, 1.54) is 0 Å². The Kier molecular flexibility index (Phi) is 48.7. The van der Waals surface area contributed by atoms with Crippen molar-refractivity contribution in [3.63, 3.8) is 0 Å². The van der Waals surface area contributed by atoms with Crippen LogP contribution in [-0.2, 0) is 89.8 Å². The fourth-order valence-corrected chi connectivity index (χ4v) is 14.9. The van der Waals surface area contributed by atoms with Crippen molar-refractivity contribution in [2.24, 2.45) is 39.9 Å². The van der Waals surface area contributed by atoms with E-state index in [9.17, 15) is 40.9 Å². The molecule has 16 aromatic rings. The Bertz CT molecular complexity index is 6780. The third kappa shape index (κ3) is 35.1. The summed E-state index contributed by atoms with van der Waals surface area (Å²) in [5.41, 5.74) is 15.9. The van der Waals surface area contributed by atoms with Crippen LogP contribution >= 0.6 is 74.4 Å². The molecule has 0 atom stereocenters. The van der Waals surface area contributed by atoms with E-state index in [0.717, 1.165) is 79.0 Å². The summed E-state index contributed by atoms with van der Waals surface area (Å²) in [4.78, 5) is 36.3. The summed E-state index contributed by atoms with van der Waals surface area (Å²) in [6.45, 7) is 16.3. The number of phenols is 8. The summed E-state index contributed by atoms with van der Waals surface area (Å²) >= 11 is -2.22. The molecule has 0 aliphatic rings. The van der Waals surface area contributed by atoms with Crippen LogP contribution in [0.25, 0.3) is 0 Å². The van der Waals surface area contributed by atoms with Gasteiger partial charge >= 0.3 is 143 Å². The van der Waals surface area contributed by atoms with Crippen LogP contribution in [0.4, 0.5) is 45.5 Å². The van der Waals surface area contributed by atoms with Gasteiger partial charge < -0.3 is 40.9 Å². The molecule has 0 saturated heterocycles. The van der Waals surface area contributed by atoms with Crippen molar-refractivity contribution >= 4 is 169 Å². The average Bonchev–Trinajstić information content (AvgIpc) is 0.788. The minimum absolute atomic E-state index is 0.140. The van der Waals surface area contributed by atoms with Crippen molar-refractivity contribution in [1.29, 1.82) is 0 Å². The topological polar surface area (TPSA) is 261 Å². The molecular formula is C116H104Cl8N8O8Ti4. The minimum atomic E-state index is -0.665. The predicted octanol–water partition coefficient (Wildman–Crippen LogP) is 33.2. The van der Waals surface area contributed by atoms with Crippen LogP contribution < -0.4 is 0 Å². The quantitative estimate of drug-likeness (QED) is 0.0213. The number of phenolic OH excluding ortho intramolecular Hbond substituents is 8. The van der Waals surface area contributed by atoms with Crippen LogP contribution in [0.1, 0.15) is 139 Å². The summed E-state index contributed by atoms with van der Waals surface area (Å²) in [6.07, 6.45) is 11.6. The van der Waals surface area contributed by atoms with E-state index in [-0.39, 0.29) is 46.0 Å².